The number of fused-ring (bicyclic) bond motifs is 5. The molecule has 0 atom stereocenters. The molecule has 0 spiro atoms. The highest BCUT2D eigenvalue weighted by molar-refractivity contribution is 5.84. The van der Waals surface area contributed by atoms with E-state index < -0.39 is 0 Å². The van der Waals surface area contributed by atoms with Crippen molar-refractivity contribution in [3.8, 4) is 11.1 Å². The lowest BCUT2D eigenvalue weighted by molar-refractivity contribution is 0.711. The Morgan fingerprint density at radius 2 is 1.45 bits per heavy atom. The first-order valence-electron chi connectivity index (χ1n) is 7.85. The van der Waals surface area contributed by atoms with Crippen LogP contribution in [0.15, 0.2) is 42.0 Å². The van der Waals surface area contributed by atoms with Crippen LogP contribution in [0.4, 0.5) is 0 Å². The highest BCUT2D eigenvalue weighted by Gasteiger charge is 2.27. The van der Waals surface area contributed by atoms with E-state index in [1.807, 2.05) is 0 Å². The molecule has 5 rings (SSSR count). The molecule has 0 fully saturated rings. The van der Waals surface area contributed by atoms with E-state index in [9.17, 15) is 0 Å². The van der Waals surface area contributed by atoms with Crippen LogP contribution in [0.3, 0.4) is 0 Å². The summed E-state index contributed by atoms with van der Waals surface area (Å²) in [6.07, 6.45) is 7.78. The Morgan fingerprint density at radius 1 is 0.650 bits per heavy atom. The van der Waals surface area contributed by atoms with Gasteiger partial charge in [0.15, 0.2) is 0 Å². The molecule has 2 aromatic carbocycles. The summed E-state index contributed by atoms with van der Waals surface area (Å²) in [7, 11) is 0. The minimum atomic E-state index is 1.13. The minimum Gasteiger partial charge on any atom is -0.0620 e. The Labute approximate surface area is 120 Å². The molecule has 3 aliphatic carbocycles. The highest BCUT2D eigenvalue weighted by atomic mass is 14.3. The first kappa shape index (κ1) is 10.9. The number of benzene rings is 2. The van der Waals surface area contributed by atoms with Crippen molar-refractivity contribution in [2.45, 2.75) is 38.5 Å². The zero-order valence-electron chi connectivity index (χ0n) is 11.7. The zero-order valence-corrected chi connectivity index (χ0v) is 11.7. The molecule has 98 valence electrons. The maximum absolute atomic E-state index is 2.51. The molecule has 0 amide bonds. The first-order valence-corrected chi connectivity index (χ1v) is 7.85. The van der Waals surface area contributed by atoms with E-state index in [4.69, 9.17) is 0 Å². The summed E-state index contributed by atoms with van der Waals surface area (Å²) < 4.78 is 0. The summed E-state index contributed by atoms with van der Waals surface area (Å²) in [6.45, 7) is 0. The average Bonchev–Trinajstić information content (AvgIpc) is 3.02. The van der Waals surface area contributed by atoms with Crippen LogP contribution in [0, 0.1) is 0 Å². The Morgan fingerprint density at radius 3 is 2.45 bits per heavy atom. The molecule has 0 N–H and O–H groups in total. The molecule has 0 aromatic heterocycles. The van der Waals surface area contributed by atoms with Crippen LogP contribution in [-0.2, 0) is 12.8 Å². The maximum Gasteiger partial charge on any atom is -0.00132 e. The van der Waals surface area contributed by atoms with Crippen molar-refractivity contribution in [1.82, 2.24) is 0 Å². The molecule has 0 bridgehead atoms. The van der Waals surface area contributed by atoms with Gasteiger partial charge in [-0.25, -0.2) is 0 Å². The standard InChI is InChI=1S/C20H18/c1-3-7-17-13(5-1)9-15-11-20-16(12-19(15)17)10-14-6-2-4-8-18(14)20/h1,3,5,7,11-12H,2,4,6,8-10H2. The summed E-state index contributed by atoms with van der Waals surface area (Å²) in [5, 5.41) is 0. The van der Waals surface area contributed by atoms with Gasteiger partial charge in [-0.1, -0.05) is 35.9 Å². The molecule has 0 heterocycles. The quantitative estimate of drug-likeness (QED) is 0.523. The molecule has 2 aromatic rings. The Bertz CT molecular complexity index is 762. The molecule has 0 saturated carbocycles. The van der Waals surface area contributed by atoms with Gasteiger partial charge in [-0.3, -0.25) is 0 Å². The lowest BCUT2D eigenvalue weighted by Gasteiger charge is -2.14. The predicted octanol–water partition coefficient (Wildman–Crippen LogP) is 5.14. The zero-order chi connectivity index (χ0) is 13.1. The highest BCUT2D eigenvalue weighted by Crippen LogP contribution is 2.46. The smallest absolute Gasteiger partial charge is 0.00132 e. The lowest BCUT2D eigenvalue weighted by Crippen LogP contribution is -1.94. The number of hydrogen-bond donors (Lipinski definition) is 0. The molecular weight excluding hydrogens is 240 g/mol. The fourth-order valence-electron chi connectivity index (χ4n) is 4.37. The van der Waals surface area contributed by atoms with Crippen LogP contribution >= 0.6 is 0 Å². The van der Waals surface area contributed by atoms with Crippen molar-refractivity contribution < 1.29 is 0 Å². The van der Waals surface area contributed by atoms with Gasteiger partial charge in [-0.15, -0.1) is 0 Å². The monoisotopic (exact) mass is 258 g/mol. The maximum atomic E-state index is 2.51. The average molecular weight is 258 g/mol. The van der Waals surface area contributed by atoms with Crippen molar-refractivity contribution in [2.75, 3.05) is 0 Å². The van der Waals surface area contributed by atoms with Gasteiger partial charge in [-0.05, 0) is 83.5 Å². The summed E-state index contributed by atoms with van der Waals surface area (Å²) in [5.41, 5.74) is 12.6. The number of rotatable bonds is 0. The van der Waals surface area contributed by atoms with Gasteiger partial charge in [0.05, 0.1) is 0 Å². The predicted molar refractivity (Wildman–Crippen MR) is 83.8 cm³/mol. The molecule has 0 nitrogen and oxygen atoms in total. The van der Waals surface area contributed by atoms with E-state index in [-0.39, 0.29) is 0 Å². The van der Waals surface area contributed by atoms with Crippen molar-refractivity contribution in [3.63, 3.8) is 0 Å². The Balaban J connectivity index is 1.69. The van der Waals surface area contributed by atoms with E-state index in [2.05, 4.69) is 36.4 Å². The second-order valence-corrected chi connectivity index (χ2v) is 6.47. The van der Waals surface area contributed by atoms with Crippen LogP contribution in [-0.4, -0.2) is 0 Å². The third-order valence-electron chi connectivity index (χ3n) is 5.33. The molecular formula is C20H18. The SMILES string of the molecule is c1ccc2c(c1)Cc1cc3c(cc1-2)CC1=C3CCCC1. The topological polar surface area (TPSA) is 0 Å². The van der Waals surface area contributed by atoms with Crippen molar-refractivity contribution >= 4 is 5.57 Å². The summed E-state index contributed by atoms with van der Waals surface area (Å²) in [5.74, 6) is 0. The van der Waals surface area contributed by atoms with Crippen LogP contribution in [0.25, 0.3) is 16.7 Å². The van der Waals surface area contributed by atoms with Gasteiger partial charge >= 0.3 is 0 Å². The van der Waals surface area contributed by atoms with Gasteiger partial charge in [0.2, 0.25) is 0 Å². The third-order valence-corrected chi connectivity index (χ3v) is 5.33. The summed E-state index contributed by atoms with van der Waals surface area (Å²) in [6, 6.07) is 13.9. The number of hydrogen-bond acceptors (Lipinski definition) is 0. The van der Waals surface area contributed by atoms with E-state index in [0.717, 1.165) is 6.42 Å². The molecule has 0 saturated heterocycles. The molecule has 0 unspecified atom stereocenters. The molecule has 20 heavy (non-hydrogen) atoms. The normalized spacial score (nSPS) is 18.6. The molecule has 0 radical (unpaired) electrons. The van der Waals surface area contributed by atoms with Gasteiger partial charge in [-0.2, -0.15) is 0 Å². The van der Waals surface area contributed by atoms with E-state index >= 15 is 0 Å². The van der Waals surface area contributed by atoms with E-state index in [1.54, 1.807) is 27.8 Å². The second-order valence-electron chi connectivity index (χ2n) is 6.47. The largest absolute Gasteiger partial charge is 0.0620 e. The van der Waals surface area contributed by atoms with Crippen LogP contribution in [0.5, 0.6) is 0 Å². The van der Waals surface area contributed by atoms with Gasteiger partial charge in [0, 0.05) is 0 Å². The first-order chi connectivity index (χ1) is 9.90. The minimum absolute atomic E-state index is 1.13. The van der Waals surface area contributed by atoms with E-state index in [0.29, 0.717) is 0 Å². The van der Waals surface area contributed by atoms with Crippen LogP contribution in [0.2, 0.25) is 0 Å². The van der Waals surface area contributed by atoms with Crippen molar-refractivity contribution in [1.29, 1.82) is 0 Å². The Kier molecular flexibility index (Phi) is 2.10. The molecule has 3 aliphatic rings. The fourth-order valence-corrected chi connectivity index (χ4v) is 4.37. The number of allylic oxidation sites excluding steroid dienone is 2. The van der Waals surface area contributed by atoms with E-state index in [1.165, 1.54) is 48.8 Å². The molecule has 0 aliphatic heterocycles. The van der Waals surface area contributed by atoms with Gasteiger partial charge in [0.25, 0.3) is 0 Å². The third kappa shape index (κ3) is 1.37. The van der Waals surface area contributed by atoms with Crippen molar-refractivity contribution in [2.24, 2.45) is 0 Å². The lowest BCUT2D eigenvalue weighted by atomic mass is 9.91. The van der Waals surface area contributed by atoms with Crippen LogP contribution < -0.4 is 0 Å². The van der Waals surface area contributed by atoms with Crippen LogP contribution in [0.1, 0.15) is 47.9 Å². The Hall–Kier alpha value is -1.82. The van der Waals surface area contributed by atoms with Gasteiger partial charge < -0.3 is 0 Å². The summed E-state index contributed by atoms with van der Waals surface area (Å²) in [4.78, 5) is 0. The summed E-state index contributed by atoms with van der Waals surface area (Å²) >= 11 is 0. The molecule has 0 heteroatoms. The van der Waals surface area contributed by atoms with Crippen molar-refractivity contribution in [3.05, 3.63) is 64.2 Å². The van der Waals surface area contributed by atoms with Gasteiger partial charge in [0.1, 0.15) is 0 Å². The fraction of sp³-hybridized carbons (Fsp3) is 0.300. The second kappa shape index (κ2) is 3.85.